The van der Waals surface area contributed by atoms with Crippen LogP contribution in [0.5, 0.6) is 0 Å². The number of rotatable bonds is 2. The zero-order valence-corrected chi connectivity index (χ0v) is 9.37. The number of fused-ring (bicyclic) bond motifs is 1. The summed E-state index contributed by atoms with van der Waals surface area (Å²) in [5, 5.41) is -0.341. The smallest absolute Gasteiger partial charge is 0.212 e. The summed E-state index contributed by atoms with van der Waals surface area (Å²) in [5.74, 6) is 0.643. The van der Waals surface area contributed by atoms with Crippen LogP contribution in [0.15, 0.2) is 0 Å². The van der Waals surface area contributed by atoms with Gasteiger partial charge < -0.3 is 0 Å². The second-order valence-corrected chi connectivity index (χ2v) is 7.45. The zero-order chi connectivity index (χ0) is 9.69. The normalized spacial score (nSPS) is 40.9. The van der Waals surface area contributed by atoms with Crippen LogP contribution < -0.4 is 0 Å². The molecule has 3 unspecified atom stereocenters. The minimum atomic E-state index is -3.35. The molecule has 0 aromatic rings. The Balaban J connectivity index is 2.18. The molecule has 2 aliphatic rings. The number of halogens is 1. The van der Waals surface area contributed by atoms with Gasteiger partial charge in [0, 0.05) is 10.7 Å². The molecule has 2 fully saturated rings. The molecule has 0 N–H and O–H groups in total. The first kappa shape index (κ1) is 9.78. The van der Waals surface area contributed by atoms with Crippen molar-refractivity contribution in [1.82, 2.24) is 0 Å². The fraction of sp³-hybridized carbons (Fsp3) is 1.00. The van der Waals surface area contributed by atoms with E-state index in [1.165, 1.54) is 19.3 Å². The van der Waals surface area contributed by atoms with E-state index in [2.05, 4.69) is 0 Å². The first-order valence-electron chi connectivity index (χ1n) is 4.90. The van der Waals surface area contributed by atoms with E-state index in [9.17, 15) is 8.42 Å². The van der Waals surface area contributed by atoms with Crippen LogP contribution in [0.3, 0.4) is 0 Å². The molecule has 13 heavy (non-hydrogen) atoms. The highest BCUT2D eigenvalue weighted by Crippen LogP contribution is 2.64. The van der Waals surface area contributed by atoms with E-state index in [1.54, 1.807) is 6.92 Å². The molecular formula is C9H15ClO2S. The standard InChI is InChI=1S/C9H15ClO2S/c1-7(13(10,11)12)9-5-3-2-4-8(9)6-9/h7-8H,2-6H2,1H3. The Morgan fingerprint density at radius 2 is 2.15 bits per heavy atom. The van der Waals surface area contributed by atoms with Gasteiger partial charge in [-0.25, -0.2) is 8.42 Å². The van der Waals surface area contributed by atoms with Gasteiger partial charge in [0.1, 0.15) is 0 Å². The van der Waals surface area contributed by atoms with Gasteiger partial charge in [-0.2, -0.15) is 0 Å². The fourth-order valence-corrected chi connectivity index (χ4v) is 4.42. The number of hydrogen-bond acceptors (Lipinski definition) is 2. The summed E-state index contributed by atoms with van der Waals surface area (Å²) in [6, 6.07) is 0. The summed E-state index contributed by atoms with van der Waals surface area (Å²) in [7, 11) is 2.06. The van der Waals surface area contributed by atoms with Crippen LogP contribution in [0, 0.1) is 11.3 Å². The molecule has 0 heterocycles. The zero-order valence-electron chi connectivity index (χ0n) is 7.79. The van der Waals surface area contributed by atoms with Crippen LogP contribution in [-0.4, -0.2) is 13.7 Å². The van der Waals surface area contributed by atoms with Gasteiger partial charge >= 0.3 is 0 Å². The summed E-state index contributed by atoms with van der Waals surface area (Å²) >= 11 is 0. The highest BCUT2D eigenvalue weighted by Gasteiger charge is 2.60. The Morgan fingerprint density at radius 3 is 2.69 bits per heavy atom. The van der Waals surface area contributed by atoms with Gasteiger partial charge in [0.25, 0.3) is 0 Å². The van der Waals surface area contributed by atoms with Crippen molar-refractivity contribution in [2.75, 3.05) is 0 Å². The van der Waals surface area contributed by atoms with Crippen molar-refractivity contribution in [3.63, 3.8) is 0 Å². The van der Waals surface area contributed by atoms with E-state index in [0.29, 0.717) is 5.92 Å². The third-order valence-corrected chi connectivity index (χ3v) is 6.07. The fourth-order valence-electron chi connectivity index (χ4n) is 2.92. The van der Waals surface area contributed by atoms with Gasteiger partial charge in [-0.05, 0) is 37.5 Å². The lowest BCUT2D eigenvalue weighted by Crippen LogP contribution is -2.28. The van der Waals surface area contributed by atoms with Crippen molar-refractivity contribution in [2.45, 2.75) is 44.3 Å². The molecule has 0 spiro atoms. The molecule has 0 radical (unpaired) electrons. The van der Waals surface area contributed by atoms with E-state index < -0.39 is 9.05 Å². The molecule has 0 bridgehead atoms. The minimum absolute atomic E-state index is 0.0683. The van der Waals surface area contributed by atoms with Gasteiger partial charge in [0.15, 0.2) is 0 Å². The highest BCUT2D eigenvalue weighted by atomic mass is 35.7. The molecule has 0 aliphatic heterocycles. The van der Waals surface area contributed by atoms with E-state index in [4.69, 9.17) is 10.7 Å². The van der Waals surface area contributed by atoms with Gasteiger partial charge in [-0.15, -0.1) is 0 Å². The van der Waals surface area contributed by atoms with E-state index in [0.717, 1.165) is 12.8 Å². The molecule has 2 rings (SSSR count). The summed E-state index contributed by atoms with van der Waals surface area (Å²) < 4.78 is 22.5. The molecule has 0 saturated heterocycles. The molecule has 4 heteroatoms. The molecule has 76 valence electrons. The second kappa shape index (κ2) is 2.86. The Morgan fingerprint density at radius 1 is 1.46 bits per heavy atom. The van der Waals surface area contributed by atoms with Crippen molar-refractivity contribution >= 4 is 19.7 Å². The van der Waals surface area contributed by atoms with Crippen LogP contribution in [0.25, 0.3) is 0 Å². The van der Waals surface area contributed by atoms with E-state index >= 15 is 0 Å². The van der Waals surface area contributed by atoms with Crippen LogP contribution in [-0.2, 0) is 9.05 Å². The third kappa shape index (κ3) is 1.50. The predicted octanol–water partition coefficient (Wildman–Crippen LogP) is 2.52. The topological polar surface area (TPSA) is 34.1 Å². The van der Waals surface area contributed by atoms with Crippen molar-refractivity contribution in [3.05, 3.63) is 0 Å². The molecule has 0 aromatic carbocycles. The molecule has 2 nitrogen and oxygen atoms in total. The molecular weight excluding hydrogens is 208 g/mol. The van der Waals surface area contributed by atoms with Gasteiger partial charge in [-0.3, -0.25) is 0 Å². The minimum Gasteiger partial charge on any atom is -0.212 e. The summed E-state index contributed by atoms with van der Waals surface area (Å²) in [5.41, 5.74) is 0.0683. The molecule has 2 aliphatic carbocycles. The average molecular weight is 223 g/mol. The van der Waals surface area contributed by atoms with E-state index in [-0.39, 0.29) is 10.7 Å². The first-order chi connectivity index (χ1) is 5.97. The maximum absolute atomic E-state index is 11.2. The van der Waals surface area contributed by atoms with Crippen LogP contribution in [0.2, 0.25) is 0 Å². The first-order valence-corrected chi connectivity index (χ1v) is 7.27. The van der Waals surface area contributed by atoms with Crippen LogP contribution >= 0.6 is 10.7 Å². The molecule has 2 saturated carbocycles. The molecule has 0 amide bonds. The quantitative estimate of drug-likeness (QED) is 0.673. The molecule has 3 atom stereocenters. The second-order valence-electron chi connectivity index (χ2n) is 4.50. The summed E-state index contributed by atoms with van der Waals surface area (Å²) in [6.07, 6.45) is 5.79. The SMILES string of the molecule is CC(C12CCCCC1C2)S(=O)(=O)Cl. The lowest BCUT2D eigenvalue weighted by molar-refractivity contribution is 0.329. The monoisotopic (exact) mass is 222 g/mol. The highest BCUT2D eigenvalue weighted by molar-refractivity contribution is 8.14. The maximum Gasteiger partial charge on any atom is 0.235 e. The lowest BCUT2D eigenvalue weighted by atomic mass is 9.86. The summed E-state index contributed by atoms with van der Waals surface area (Å²) in [4.78, 5) is 0. The summed E-state index contributed by atoms with van der Waals surface area (Å²) in [6.45, 7) is 1.77. The van der Waals surface area contributed by atoms with Crippen molar-refractivity contribution in [1.29, 1.82) is 0 Å². The van der Waals surface area contributed by atoms with Crippen LogP contribution in [0.1, 0.15) is 39.0 Å². The third-order valence-electron chi connectivity index (χ3n) is 3.96. The van der Waals surface area contributed by atoms with Gasteiger partial charge in [0.2, 0.25) is 9.05 Å². The predicted molar refractivity (Wildman–Crippen MR) is 53.2 cm³/mol. The van der Waals surface area contributed by atoms with Crippen molar-refractivity contribution < 1.29 is 8.42 Å². The lowest BCUT2D eigenvalue weighted by Gasteiger charge is -2.26. The van der Waals surface area contributed by atoms with Gasteiger partial charge in [0.05, 0.1) is 5.25 Å². The Hall–Kier alpha value is 0.240. The van der Waals surface area contributed by atoms with Crippen molar-refractivity contribution in [2.24, 2.45) is 11.3 Å². The number of hydrogen-bond donors (Lipinski definition) is 0. The maximum atomic E-state index is 11.2. The van der Waals surface area contributed by atoms with Crippen molar-refractivity contribution in [3.8, 4) is 0 Å². The molecule has 0 aromatic heterocycles. The largest absolute Gasteiger partial charge is 0.235 e. The average Bonchev–Trinajstić information content (AvgIpc) is 2.76. The Bertz CT molecular complexity index is 312. The van der Waals surface area contributed by atoms with Gasteiger partial charge in [-0.1, -0.05) is 12.8 Å². The van der Waals surface area contributed by atoms with Crippen LogP contribution in [0.4, 0.5) is 0 Å². The van der Waals surface area contributed by atoms with E-state index in [1.807, 2.05) is 0 Å². The Labute approximate surface area is 84.1 Å². The Kier molecular flexibility index (Phi) is 2.15.